The summed E-state index contributed by atoms with van der Waals surface area (Å²) in [6.45, 7) is 3.11. The SMILES string of the molecule is CC1Cc2nn3c(c2CN1C(=O)O)-c1oncc1CCC3. The first-order chi connectivity index (χ1) is 10.1. The Bertz CT molecular complexity index is 718. The van der Waals surface area contributed by atoms with Crippen molar-refractivity contribution in [3.05, 3.63) is 23.0 Å². The number of fused-ring (bicyclic) bond motifs is 5. The van der Waals surface area contributed by atoms with Crippen molar-refractivity contribution in [2.45, 2.75) is 45.3 Å². The van der Waals surface area contributed by atoms with Crippen LogP contribution >= 0.6 is 0 Å². The van der Waals surface area contributed by atoms with Gasteiger partial charge in [-0.05, 0) is 19.8 Å². The van der Waals surface area contributed by atoms with E-state index in [0.29, 0.717) is 13.0 Å². The molecule has 7 nitrogen and oxygen atoms in total. The molecule has 2 aliphatic heterocycles. The molecule has 1 unspecified atom stereocenters. The van der Waals surface area contributed by atoms with E-state index in [9.17, 15) is 9.90 Å². The fraction of sp³-hybridized carbons (Fsp3) is 0.500. The molecule has 1 N–H and O–H groups in total. The van der Waals surface area contributed by atoms with Gasteiger partial charge in [-0.3, -0.25) is 4.68 Å². The molecule has 2 aromatic heterocycles. The summed E-state index contributed by atoms with van der Waals surface area (Å²) < 4.78 is 7.39. The van der Waals surface area contributed by atoms with Crippen LogP contribution in [0.2, 0.25) is 0 Å². The fourth-order valence-electron chi connectivity index (χ4n) is 3.32. The molecule has 110 valence electrons. The molecule has 2 aliphatic rings. The maximum absolute atomic E-state index is 11.4. The maximum Gasteiger partial charge on any atom is 0.407 e. The lowest BCUT2D eigenvalue weighted by Crippen LogP contribution is -2.41. The first-order valence-electron chi connectivity index (χ1n) is 7.17. The van der Waals surface area contributed by atoms with E-state index in [2.05, 4.69) is 10.3 Å². The van der Waals surface area contributed by atoms with Crippen molar-refractivity contribution in [3.8, 4) is 11.5 Å². The zero-order valence-electron chi connectivity index (χ0n) is 11.7. The highest BCUT2D eigenvalue weighted by Crippen LogP contribution is 2.36. The number of aryl methyl sites for hydroxylation is 2. The van der Waals surface area contributed by atoms with Gasteiger partial charge >= 0.3 is 6.09 Å². The van der Waals surface area contributed by atoms with Crippen molar-refractivity contribution in [1.29, 1.82) is 0 Å². The molecule has 4 heterocycles. The fourth-order valence-corrected chi connectivity index (χ4v) is 3.32. The van der Waals surface area contributed by atoms with Gasteiger partial charge < -0.3 is 14.5 Å². The number of carboxylic acid groups (broad SMARTS) is 1. The second-order valence-electron chi connectivity index (χ2n) is 5.74. The molecular formula is C14H16N4O3. The predicted molar refractivity (Wildman–Crippen MR) is 72.8 cm³/mol. The van der Waals surface area contributed by atoms with Gasteiger partial charge in [0.15, 0.2) is 5.76 Å². The van der Waals surface area contributed by atoms with Crippen LogP contribution in [0.5, 0.6) is 0 Å². The molecule has 0 radical (unpaired) electrons. The van der Waals surface area contributed by atoms with Crippen LogP contribution in [0.3, 0.4) is 0 Å². The molecule has 0 aromatic carbocycles. The number of amides is 1. The van der Waals surface area contributed by atoms with Crippen LogP contribution in [0.15, 0.2) is 10.7 Å². The number of carbonyl (C=O) groups is 1. The van der Waals surface area contributed by atoms with Gasteiger partial charge in [0.2, 0.25) is 0 Å². The first kappa shape index (κ1) is 12.4. The Balaban J connectivity index is 1.87. The summed E-state index contributed by atoms with van der Waals surface area (Å²) in [7, 11) is 0. The van der Waals surface area contributed by atoms with Crippen molar-refractivity contribution >= 4 is 6.09 Å². The average molecular weight is 288 g/mol. The van der Waals surface area contributed by atoms with E-state index in [-0.39, 0.29) is 6.04 Å². The molecule has 0 aliphatic carbocycles. The summed E-state index contributed by atoms with van der Waals surface area (Å²) in [5.74, 6) is 0.751. The third kappa shape index (κ3) is 1.76. The van der Waals surface area contributed by atoms with Crippen LogP contribution in [-0.4, -0.2) is 37.1 Å². The number of nitrogens with zero attached hydrogens (tertiary/aromatic N) is 4. The lowest BCUT2D eigenvalue weighted by atomic mass is 9.98. The third-order valence-electron chi connectivity index (χ3n) is 4.40. The lowest BCUT2D eigenvalue weighted by molar-refractivity contribution is 0.119. The minimum Gasteiger partial charge on any atom is -0.465 e. The minimum absolute atomic E-state index is 0.0525. The Morgan fingerprint density at radius 3 is 3.19 bits per heavy atom. The largest absolute Gasteiger partial charge is 0.465 e. The Hall–Kier alpha value is -2.31. The Morgan fingerprint density at radius 2 is 2.38 bits per heavy atom. The molecule has 1 atom stereocenters. The summed E-state index contributed by atoms with van der Waals surface area (Å²) >= 11 is 0. The van der Waals surface area contributed by atoms with E-state index >= 15 is 0 Å². The summed E-state index contributed by atoms with van der Waals surface area (Å²) in [5, 5.41) is 17.9. The van der Waals surface area contributed by atoms with Crippen molar-refractivity contribution in [3.63, 3.8) is 0 Å². The zero-order chi connectivity index (χ0) is 14.6. The first-order valence-corrected chi connectivity index (χ1v) is 7.17. The molecule has 0 fully saturated rings. The van der Waals surface area contributed by atoms with E-state index in [1.807, 2.05) is 11.6 Å². The van der Waals surface area contributed by atoms with E-state index < -0.39 is 6.09 Å². The van der Waals surface area contributed by atoms with Crippen molar-refractivity contribution < 1.29 is 14.4 Å². The molecule has 2 aromatic rings. The summed E-state index contributed by atoms with van der Waals surface area (Å²) in [6, 6.07) is -0.0525. The Labute approximate surface area is 121 Å². The molecule has 0 spiro atoms. The van der Waals surface area contributed by atoms with Gasteiger partial charge in [0.1, 0.15) is 5.69 Å². The molecule has 1 amide bonds. The minimum atomic E-state index is -0.889. The van der Waals surface area contributed by atoms with E-state index in [1.165, 1.54) is 4.90 Å². The van der Waals surface area contributed by atoms with Crippen LogP contribution in [0.25, 0.3) is 11.5 Å². The number of hydrogen-bond acceptors (Lipinski definition) is 4. The van der Waals surface area contributed by atoms with Crippen LogP contribution < -0.4 is 0 Å². The van der Waals surface area contributed by atoms with Gasteiger partial charge in [0, 0.05) is 30.1 Å². The van der Waals surface area contributed by atoms with Crippen molar-refractivity contribution in [2.24, 2.45) is 0 Å². The highest BCUT2D eigenvalue weighted by molar-refractivity contribution is 5.69. The normalized spacial score (nSPS) is 20.4. The smallest absolute Gasteiger partial charge is 0.407 e. The van der Waals surface area contributed by atoms with Gasteiger partial charge in [-0.15, -0.1) is 0 Å². The van der Waals surface area contributed by atoms with Crippen LogP contribution in [0.1, 0.15) is 30.2 Å². The van der Waals surface area contributed by atoms with Crippen LogP contribution in [-0.2, 0) is 25.9 Å². The summed E-state index contributed by atoms with van der Waals surface area (Å²) in [5.41, 5.74) is 3.94. The van der Waals surface area contributed by atoms with Crippen LogP contribution in [0.4, 0.5) is 4.79 Å². The Kier molecular flexibility index (Phi) is 2.57. The molecule has 4 rings (SSSR count). The summed E-state index contributed by atoms with van der Waals surface area (Å²) in [4.78, 5) is 12.9. The number of aromatic nitrogens is 3. The van der Waals surface area contributed by atoms with Gasteiger partial charge in [0.05, 0.1) is 18.4 Å². The van der Waals surface area contributed by atoms with Gasteiger partial charge in [-0.2, -0.15) is 5.10 Å². The second-order valence-corrected chi connectivity index (χ2v) is 5.74. The highest BCUT2D eigenvalue weighted by atomic mass is 16.5. The van der Waals surface area contributed by atoms with Crippen molar-refractivity contribution in [2.75, 3.05) is 0 Å². The number of rotatable bonds is 0. The second kappa shape index (κ2) is 4.34. The molecule has 0 saturated heterocycles. The molecule has 21 heavy (non-hydrogen) atoms. The van der Waals surface area contributed by atoms with Gasteiger partial charge in [-0.25, -0.2) is 4.79 Å². The maximum atomic E-state index is 11.4. The standard InChI is InChI=1S/C14H16N4O3/c1-8-5-11-10(7-17(8)14(19)20)12-13-9(6-15-21-13)3-2-4-18(12)16-11/h6,8H,2-5,7H2,1H3,(H,19,20). The van der Waals surface area contributed by atoms with E-state index in [1.54, 1.807) is 6.20 Å². The zero-order valence-corrected chi connectivity index (χ0v) is 11.7. The monoisotopic (exact) mass is 288 g/mol. The molecule has 0 saturated carbocycles. The average Bonchev–Trinajstić information content (AvgIpc) is 2.98. The quantitative estimate of drug-likeness (QED) is 0.800. The van der Waals surface area contributed by atoms with Crippen molar-refractivity contribution in [1.82, 2.24) is 19.8 Å². The third-order valence-corrected chi connectivity index (χ3v) is 4.40. The Morgan fingerprint density at radius 1 is 1.52 bits per heavy atom. The molecular weight excluding hydrogens is 272 g/mol. The van der Waals surface area contributed by atoms with Crippen LogP contribution in [0, 0.1) is 0 Å². The van der Waals surface area contributed by atoms with Gasteiger partial charge in [-0.1, -0.05) is 5.16 Å². The number of hydrogen-bond donors (Lipinski definition) is 1. The van der Waals surface area contributed by atoms with Gasteiger partial charge in [0.25, 0.3) is 0 Å². The highest BCUT2D eigenvalue weighted by Gasteiger charge is 2.34. The summed E-state index contributed by atoms with van der Waals surface area (Å²) in [6.07, 6.45) is 3.41. The predicted octanol–water partition coefficient (Wildman–Crippen LogP) is 1.91. The lowest BCUT2D eigenvalue weighted by Gasteiger charge is -2.30. The van der Waals surface area contributed by atoms with E-state index in [4.69, 9.17) is 4.52 Å². The molecule has 0 bridgehead atoms. The molecule has 7 heteroatoms. The topological polar surface area (TPSA) is 84.4 Å². The van der Waals surface area contributed by atoms with E-state index in [0.717, 1.165) is 47.7 Å².